The molecule has 10 rings (SSSR count). The Hall–Kier alpha value is -6.57. The van der Waals surface area contributed by atoms with Crippen molar-refractivity contribution in [1.29, 1.82) is 0 Å². The van der Waals surface area contributed by atoms with Gasteiger partial charge in [-0.2, -0.15) is 0 Å². The van der Waals surface area contributed by atoms with Gasteiger partial charge in [0.25, 0.3) is 0 Å². The van der Waals surface area contributed by atoms with Crippen molar-refractivity contribution in [2.75, 3.05) is 0 Å². The number of hydrogen-bond donors (Lipinski definition) is 0. The van der Waals surface area contributed by atoms with E-state index in [1.54, 1.807) is 0 Å². The minimum absolute atomic E-state index is 0.289. The van der Waals surface area contributed by atoms with Crippen molar-refractivity contribution in [3.05, 3.63) is 227 Å². The van der Waals surface area contributed by atoms with Crippen LogP contribution in [0, 0.1) is 0 Å². The Bertz CT molecular complexity index is 2870. The zero-order valence-corrected chi connectivity index (χ0v) is 33.2. The largest absolute Gasteiger partial charge is 0.248 e. The van der Waals surface area contributed by atoms with Gasteiger partial charge in [0.2, 0.25) is 0 Å². The van der Waals surface area contributed by atoms with Crippen LogP contribution in [-0.2, 0) is 6.42 Å². The normalized spacial score (nSPS) is 18.7. The van der Waals surface area contributed by atoms with Gasteiger partial charge in [-0.15, -0.1) is 0 Å². The lowest BCUT2D eigenvalue weighted by Crippen LogP contribution is -2.10. The van der Waals surface area contributed by atoms with Gasteiger partial charge in [0.15, 0.2) is 0 Å². The molecule has 1 heteroatoms. The Morgan fingerprint density at radius 3 is 1.95 bits per heavy atom. The number of nitrogens with zero attached hydrogens (tertiary/aromatic N) is 1. The van der Waals surface area contributed by atoms with E-state index in [0.29, 0.717) is 0 Å². The first-order chi connectivity index (χ1) is 28.7. The highest BCUT2D eigenvalue weighted by Crippen LogP contribution is 2.45. The molecule has 0 N–H and O–H groups in total. The smallest absolute Gasteiger partial charge is 0.0750 e. The quantitative estimate of drug-likeness (QED) is 0.161. The first-order valence-electron chi connectivity index (χ1n) is 21.1. The average molecular weight is 746 g/mol. The predicted molar refractivity (Wildman–Crippen MR) is 247 cm³/mol. The van der Waals surface area contributed by atoms with Gasteiger partial charge in [0.05, 0.1) is 11.4 Å². The molecule has 1 aliphatic heterocycles. The van der Waals surface area contributed by atoms with Crippen molar-refractivity contribution >= 4 is 38.5 Å². The molecule has 1 heterocycles. The molecule has 0 saturated carbocycles. The zero-order valence-electron chi connectivity index (χ0n) is 33.2. The van der Waals surface area contributed by atoms with Gasteiger partial charge < -0.3 is 0 Å². The maximum Gasteiger partial charge on any atom is 0.0750 e. The van der Waals surface area contributed by atoms with Gasteiger partial charge in [-0.1, -0.05) is 183 Å². The summed E-state index contributed by atoms with van der Waals surface area (Å²) in [7, 11) is 0. The van der Waals surface area contributed by atoms with E-state index in [1.165, 1.54) is 82.8 Å². The highest BCUT2D eigenvalue weighted by Gasteiger charge is 2.26. The highest BCUT2D eigenvalue weighted by atomic mass is 14.8. The number of aliphatic imine (C=N–C) groups is 1. The number of hydrogen-bond acceptors (Lipinski definition) is 1. The summed E-state index contributed by atoms with van der Waals surface area (Å²) in [5.74, 6) is 0.289. The van der Waals surface area contributed by atoms with Crippen molar-refractivity contribution in [3.63, 3.8) is 0 Å². The maximum atomic E-state index is 5.75. The van der Waals surface area contributed by atoms with Crippen LogP contribution in [0.5, 0.6) is 0 Å². The monoisotopic (exact) mass is 745 g/mol. The van der Waals surface area contributed by atoms with E-state index >= 15 is 0 Å². The van der Waals surface area contributed by atoms with Crippen LogP contribution in [-0.4, -0.2) is 5.71 Å². The van der Waals surface area contributed by atoms with Crippen LogP contribution in [0.1, 0.15) is 78.3 Å². The summed E-state index contributed by atoms with van der Waals surface area (Å²) >= 11 is 0. The van der Waals surface area contributed by atoms with Crippen LogP contribution in [0.4, 0.5) is 0 Å². The topological polar surface area (TPSA) is 12.4 Å². The van der Waals surface area contributed by atoms with Crippen LogP contribution < -0.4 is 0 Å². The molecule has 0 amide bonds. The Morgan fingerprint density at radius 2 is 1.19 bits per heavy atom. The van der Waals surface area contributed by atoms with Gasteiger partial charge in [0, 0.05) is 11.5 Å². The first-order valence-corrected chi connectivity index (χ1v) is 21.1. The third-order valence-corrected chi connectivity index (χ3v) is 12.5. The lowest BCUT2D eigenvalue weighted by Gasteiger charge is -2.22. The van der Waals surface area contributed by atoms with Crippen molar-refractivity contribution < 1.29 is 0 Å². The van der Waals surface area contributed by atoms with Crippen LogP contribution in [0.25, 0.3) is 55.1 Å². The van der Waals surface area contributed by atoms with E-state index in [0.717, 1.165) is 55.5 Å². The van der Waals surface area contributed by atoms with Gasteiger partial charge in [-0.3, -0.25) is 0 Å². The molecule has 1 nitrogen and oxygen atoms in total. The van der Waals surface area contributed by atoms with Crippen molar-refractivity contribution in [3.8, 4) is 22.3 Å². The molecule has 0 radical (unpaired) electrons. The van der Waals surface area contributed by atoms with E-state index in [2.05, 4.69) is 195 Å². The maximum absolute atomic E-state index is 5.75. The van der Waals surface area contributed by atoms with Crippen molar-refractivity contribution in [1.82, 2.24) is 0 Å². The third-order valence-electron chi connectivity index (χ3n) is 12.5. The lowest BCUT2D eigenvalue weighted by atomic mass is 9.82. The third kappa shape index (κ3) is 6.71. The van der Waals surface area contributed by atoms with Gasteiger partial charge >= 0.3 is 0 Å². The SMILES string of the molecule is CCC1=C(\c2ccccc2)CCC/C=C(c2ccccc2)/N=C\1c1cc2ccccc2cc1-c1ccc(C2CCc3ccccc3-c3c2ccc2ccccc32)cc1. The summed E-state index contributed by atoms with van der Waals surface area (Å²) in [4.78, 5) is 5.75. The molecular weight excluding hydrogens is 699 g/mol. The van der Waals surface area contributed by atoms with E-state index in [9.17, 15) is 0 Å². The fraction of sp³-hybridized carbons (Fsp3) is 0.140. The number of allylic oxidation sites excluding steroid dienone is 3. The van der Waals surface area contributed by atoms with E-state index in [4.69, 9.17) is 4.99 Å². The molecule has 8 aromatic carbocycles. The standard InChI is InChI=1S/C57H47N/c1-2-47-48(39-17-5-3-6-18-39)25-15-16-28-55(44-21-7-4-8-22-44)58-57(47)54-38-46-24-10-9-23-45(46)37-53(54)43-31-29-42(30-32-43)49-35-33-40-19-11-13-26-50(40)56-51-27-14-12-20-41(51)34-36-52(49)56/h3-14,17-24,26-32,34,36-38,49H,2,15-16,25,33,35H2,1H3/b48-47+,55-28+,58-57+. The molecule has 0 aromatic heterocycles. The summed E-state index contributed by atoms with van der Waals surface area (Å²) in [6.45, 7) is 2.30. The molecule has 1 atom stereocenters. The molecular formula is C57H47N. The number of aryl methyl sites for hydroxylation is 1. The summed E-state index contributed by atoms with van der Waals surface area (Å²) in [5, 5.41) is 5.10. The summed E-state index contributed by atoms with van der Waals surface area (Å²) in [5.41, 5.74) is 17.9. The molecule has 0 bridgehead atoms. The molecule has 0 fully saturated rings. The Balaban J connectivity index is 1.15. The molecule has 8 aromatic rings. The minimum atomic E-state index is 0.289. The number of benzene rings is 8. The Morgan fingerprint density at radius 1 is 0.534 bits per heavy atom. The van der Waals surface area contributed by atoms with E-state index < -0.39 is 0 Å². The second-order valence-electron chi connectivity index (χ2n) is 15.9. The summed E-state index contributed by atoms with van der Waals surface area (Å²) < 4.78 is 0. The van der Waals surface area contributed by atoms with Crippen LogP contribution in [0.3, 0.4) is 0 Å². The van der Waals surface area contributed by atoms with E-state index in [-0.39, 0.29) is 5.92 Å². The Labute approximate surface area is 342 Å². The lowest BCUT2D eigenvalue weighted by molar-refractivity contribution is 0.726. The van der Waals surface area contributed by atoms with Crippen LogP contribution >= 0.6 is 0 Å². The zero-order chi connectivity index (χ0) is 38.8. The van der Waals surface area contributed by atoms with Crippen LogP contribution in [0.15, 0.2) is 199 Å². The fourth-order valence-corrected chi connectivity index (χ4v) is 9.63. The average Bonchev–Trinajstić information content (AvgIpc) is 3.39. The van der Waals surface area contributed by atoms with Gasteiger partial charge in [-0.05, 0) is 133 Å². The Kier molecular flexibility index (Phi) is 9.73. The molecule has 0 saturated heterocycles. The minimum Gasteiger partial charge on any atom is -0.248 e. The molecule has 280 valence electrons. The summed E-state index contributed by atoms with van der Waals surface area (Å²) in [6, 6.07) is 67.6. The molecule has 2 aliphatic rings. The molecule has 58 heavy (non-hydrogen) atoms. The molecule has 1 unspecified atom stereocenters. The van der Waals surface area contributed by atoms with E-state index in [1.807, 2.05) is 0 Å². The van der Waals surface area contributed by atoms with Crippen molar-refractivity contribution in [2.24, 2.45) is 4.99 Å². The predicted octanol–water partition coefficient (Wildman–Crippen LogP) is 15.3. The number of fused-ring (bicyclic) bond motifs is 6. The van der Waals surface area contributed by atoms with Gasteiger partial charge in [-0.25, -0.2) is 4.99 Å². The highest BCUT2D eigenvalue weighted by molar-refractivity contribution is 6.22. The number of rotatable bonds is 6. The second-order valence-corrected chi connectivity index (χ2v) is 15.9. The van der Waals surface area contributed by atoms with Crippen molar-refractivity contribution in [2.45, 2.75) is 51.4 Å². The van der Waals surface area contributed by atoms with Gasteiger partial charge in [0.1, 0.15) is 0 Å². The molecule has 1 aliphatic carbocycles. The second kappa shape index (κ2) is 15.8. The van der Waals surface area contributed by atoms with Crippen LogP contribution in [0.2, 0.25) is 0 Å². The first kappa shape index (κ1) is 35.8. The molecule has 0 spiro atoms. The fourth-order valence-electron chi connectivity index (χ4n) is 9.63. The summed E-state index contributed by atoms with van der Waals surface area (Å²) in [6.07, 6.45) is 8.42.